The van der Waals surface area contributed by atoms with Crippen LogP contribution in [0.3, 0.4) is 0 Å². The summed E-state index contributed by atoms with van der Waals surface area (Å²) in [6, 6.07) is 23.2. The Balaban J connectivity index is 1.77. The van der Waals surface area contributed by atoms with E-state index in [4.69, 9.17) is 28.9 Å². The van der Waals surface area contributed by atoms with Crippen molar-refractivity contribution in [3.63, 3.8) is 0 Å². The molecule has 0 bridgehead atoms. The summed E-state index contributed by atoms with van der Waals surface area (Å²) in [6.07, 6.45) is 0.679. The average Bonchev–Trinajstić information content (AvgIpc) is 2.89. The summed E-state index contributed by atoms with van der Waals surface area (Å²) in [6.45, 7) is 0. The number of hydrogen-bond acceptors (Lipinski definition) is 6. The Morgan fingerprint density at radius 2 is 1.70 bits per heavy atom. The van der Waals surface area contributed by atoms with Crippen molar-refractivity contribution in [1.29, 1.82) is 5.26 Å². The summed E-state index contributed by atoms with van der Waals surface area (Å²) < 4.78 is 0. The van der Waals surface area contributed by atoms with E-state index in [2.05, 4.69) is 6.07 Å². The number of nitrogens with two attached hydrogens (primary N) is 1. The summed E-state index contributed by atoms with van der Waals surface area (Å²) in [4.78, 5) is 26.5. The molecule has 1 aliphatic carbocycles. The van der Waals surface area contributed by atoms with Crippen molar-refractivity contribution in [2.45, 2.75) is 24.7 Å². The van der Waals surface area contributed by atoms with E-state index in [0.717, 1.165) is 5.56 Å². The van der Waals surface area contributed by atoms with Gasteiger partial charge < -0.3 is 5.73 Å². The lowest BCUT2D eigenvalue weighted by molar-refractivity contribution is -0.384. The molecule has 5 rings (SSSR count). The number of benzene rings is 3. The second-order valence-corrected chi connectivity index (χ2v) is 9.71. The minimum Gasteiger partial charge on any atom is -0.384 e. The highest BCUT2D eigenvalue weighted by molar-refractivity contribution is 6.32. The molecule has 2 N–H and O–H groups in total. The van der Waals surface area contributed by atoms with Crippen LogP contribution in [0.25, 0.3) is 0 Å². The number of nitrogens with zero attached hydrogens (tertiary/aromatic N) is 3. The number of rotatable bonds is 4. The van der Waals surface area contributed by atoms with Gasteiger partial charge in [0, 0.05) is 28.8 Å². The Hall–Kier alpha value is -4.12. The van der Waals surface area contributed by atoms with Gasteiger partial charge in [0.05, 0.1) is 28.2 Å². The highest BCUT2D eigenvalue weighted by atomic mass is 35.5. The summed E-state index contributed by atoms with van der Waals surface area (Å²) in [5.41, 5.74) is 9.42. The molecule has 3 aromatic carbocycles. The number of allylic oxidation sites excluding steroid dienone is 3. The van der Waals surface area contributed by atoms with Gasteiger partial charge in [-0.1, -0.05) is 71.7 Å². The van der Waals surface area contributed by atoms with Crippen molar-refractivity contribution >= 4 is 40.4 Å². The first-order valence-corrected chi connectivity index (χ1v) is 12.3. The van der Waals surface area contributed by atoms with Gasteiger partial charge in [0.25, 0.3) is 5.69 Å². The molecule has 0 saturated heterocycles. The highest BCUT2D eigenvalue weighted by Crippen LogP contribution is 2.50. The zero-order chi connectivity index (χ0) is 26.3. The highest BCUT2D eigenvalue weighted by Gasteiger charge is 2.43. The zero-order valence-corrected chi connectivity index (χ0v) is 20.9. The summed E-state index contributed by atoms with van der Waals surface area (Å²) in [5.74, 6) is -0.935. The molecule has 2 atom stereocenters. The van der Waals surface area contributed by atoms with Crippen LogP contribution in [0.2, 0.25) is 10.0 Å². The van der Waals surface area contributed by atoms with Crippen LogP contribution in [0.15, 0.2) is 95.5 Å². The van der Waals surface area contributed by atoms with Crippen LogP contribution >= 0.6 is 23.2 Å². The van der Waals surface area contributed by atoms with Crippen LogP contribution in [-0.4, -0.2) is 10.7 Å². The first-order valence-electron chi connectivity index (χ1n) is 11.5. The molecule has 0 saturated carbocycles. The molecule has 9 heteroatoms. The average molecular weight is 531 g/mol. The van der Waals surface area contributed by atoms with E-state index >= 15 is 0 Å². The van der Waals surface area contributed by atoms with Gasteiger partial charge in [-0.25, -0.2) is 0 Å². The standard InChI is InChI=1S/C28H20Cl2N4O3/c29-21-9-5-4-8-19(21)26-20(15-31)28(32)33(18-10-11-22(30)23(14-18)34(36)37)24-12-17(13-25(35)27(24)26)16-6-2-1-3-7-16/h1-11,14,17,26H,12-13,32H2/t17-,26+/m0/s1. The van der Waals surface area contributed by atoms with Gasteiger partial charge in [-0.05, 0) is 41.7 Å². The number of halogens is 2. The van der Waals surface area contributed by atoms with Crippen molar-refractivity contribution in [3.8, 4) is 6.07 Å². The van der Waals surface area contributed by atoms with E-state index in [1.54, 1.807) is 35.2 Å². The number of Topliss-reactive ketones (excluding diaryl/α,β-unsaturated/α-hetero) is 1. The molecule has 2 aliphatic rings. The number of carbonyl (C=O) groups is 1. The van der Waals surface area contributed by atoms with Gasteiger partial charge in [-0.2, -0.15) is 5.26 Å². The monoisotopic (exact) mass is 530 g/mol. The van der Waals surface area contributed by atoms with Gasteiger partial charge in [-0.15, -0.1) is 0 Å². The van der Waals surface area contributed by atoms with Crippen molar-refractivity contribution in [2.24, 2.45) is 5.73 Å². The molecular weight excluding hydrogens is 511 g/mol. The van der Waals surface area contributed by atoms with E-state index in [0.29, 0.717) is 34.0 Å². The topological polar surface area (TPSA) is 113 Å². The number of anilines is 1. The molecule has 0 unspecified atom stereocenters. The maximum absolute atomic E-state index is 13.9. The lowest BCUT2D eigenvalue weighted by Crippen LogP contribution is -2.40. The SMILES string of the molecule is N#CC1=C(N)N(c2ccc(Cl)c([N+](=O)[O-])c2)C2=C(C(=O)C[C@@H](c3ccccc3)C2)[C@@H]1c1ccccc1Cl. The smallest absolute Gasteiger partial charge is 0.289 e. The Bertz CT molecular complexity index is 1540. The minimum atomic E-state index is -0.753. The molecule has 0 fully saturated rings. The Morgan fingerprint density at radius 3 is 2.38 bits per heavy atom. The molecule has 37 heavy (non-hydrogen) atoms. The predicted octanol–water partition coefficient (Wildman–Crippen LogP) is 6.60. The number of hydrogen-bond donors (Lipinski definition) is 1. The molecule has 0 aromatic heterocycles. The normalized spacial score (nSPS) is 19.5. The number of nitro benzene ring substituents is 1. The fourth-order valence-corrected chi connectivity index (χ4v) is 5.62. The first-order chi connectivity index (χ1) is 17.8. The third kappa shape index (κ3) is 4.25. The summed E-state index contributed by atoms with van der Waals surface area (Å²) >= 11 is 12.6. The van der Waals surface area contributed by atoms with E-state index in [1.165, 1.54) is 12.1 Å². The van der Waals surface area contributed by atoms with E-state index < -0.39 is 10.8 Å². The zero-order valence-electron chi connectivity index (χ0n) is 19.4. The summed E-state index contributed by atoms with van der Waals surface area (Å²) in [5, 5.41) is 22.2. The number of ketones is 1. The van der Waals surface area contributed by atoms with E-state index in [9.17, 15) is 20.2 Å². The number of nitriles is 1. The van der Waals surface area contributed by atoms with E-state index in [1.807, 2.05) is 30.3 Å². The summed E-state index contributed by atoms with van der Waals surface area (Å²) in [7, 11) is 0. The lowest BCUT2D eigenvalue weighted by atomic mass is 9.72. The predicted molar refractivity (Wildman–Crippen MR) is 142 cm³/mol. The molecule has 184 valence electrons. The van der Waals surface area contributed by atoms with Gasteiger partial charge in [0.15, 0.2) is 5.78 Å². The van der Waals surface area contributed by atoms with Gasteiger partial charge in [0.2, 0.25) is 0 Å². The molecule has 0 amide bonds. The van der Waals surface area contributed by atoms with Crippen LogP contribution in [0, 0.1) is 21.4 Å². The van der Waals surface area contributed by atoms with Crippen molar-refractivity contribution in [1.82, 2.24) is 0 Å². The van der Waals surface area contributed by atoms with Crippen LogP contribution in [0.4, 0.5) is 11.4 Å². The van der Waals surface area contributed by atoms with Crippen LogP contribution < -0.4 is 10.6 Å². The Kier molecular flexibility index (Phi) is 6.46. The third-order valence-corrected chi connectivity index (χ3v) is 7.50. The van der Waals surface area contributed by atoms with Gasteiger partial charge in [0.1, 0.15) is 10.8 Å². The Labute approximate surface area is 223 Å². The fourth-order valence-electron chi connectivity index (χ4n) is 5.19. The van der Waals surface area contributed by atoms with Gasteiger partial charge in [-0.3, -0.25) is 19.8 Å². The number of nitro groups is 1. The molecule has 0 spiro atoms. The van der Waals surface area contributed by atoms with Crippen LogP contribution in [0.5, 0.6) is 0 Å². The van der Waals surface area contributed by atoms with Crippen molar-refractivity contribution in [2.75, 3.05) is 4.90 Å². The largest absolute Gasteiger partial charge is 0.384 e. The van der Waals surface area contributed by atoms with E-state index in [-0.39, 0.29) is 40.2 Å². The maximum atomic E-state index is 13.9. The quantitative estimate of drug-likeness (QED) is 0.300. The molecule has 7 nitrogen and oxygen atoms in total. The maximum Gasteiger partial charge on any atom is 0.289 e. The third-order valence-electron chi connectivity index (χ3n) is 6.84. The van der Waals surface area contributed by atoms with Crippen molar-refractivity contribution in [3.05, 3.63) is 127 Å². The molecule has 1 aliphatic heterocycles. The molecular formula is C28H20Cl2N4O3. The second-order valence-electron chi connectivity index (χ2n) is 8.89. The first kappa shape index (κ1) is 24.6. The van der Waals surface area contributed by atoms with Gasteiger partial charge >= 0.3 is 0 Å². The molecule has 3 aromatic rings. The van der Waals surface area contributed by atoms with Crippen molar-refractivity contribution < 1.29 is 9.72 Å². The fraction of sp³-hybridized carbons (Fsp3) is 0.143. The Morgan fingerprint density at radius 1 is 1.00 bits per heavy atom. The lowest BCUT2D eigenvalue weighted by Gasteiger charge is -2.41. The number of carbonyl (C=O) groups excluding carboxylic acids is 1. The molecule has 0 radical (unpaired) electrons. The second kappa shape index (κ2) is 9.74. The minimum absolute atomic E-state index is 0.0288. The van der Waals surface area contributed by atoms with Crippen LogP contribution in [-0.2, 0) is 4.79 Å². The molecule has 1 heterocycles. The van der Waals surface area contributed by atoms with Crippen LogP contribution in [0.1, 0.15) is 35.8 Å².